The van der Waals surface area contributed by atoms with E-state index in [2.05, 4.69) is 10.3 Å². The van der Waals surface area contributed by atoms with E-state index in [1.165, 1.54) is 12.3 Å². The van der Waals surface area contributed by atoms with Gasteiger partial charge in [0.15, 0.2) is 11.7 Å². The summed E-state index contributed by atoms with van der Waals surface area (Å²) >= 11 is 1.86. The second kappa shape index (κ2) is 10.6. The van der Waals surface area contributed by atoms with E-state index >= 15 is 0 Å². The summed E-state index contributed by atoms with van der Waals surface area (Å²) < 4.78 is 32.4. The molecule has 6 nitrogen and oxygen atoms in total. The lowest BCUT2D eigenvalue weighted by Crippen LogP contribution is -2.38. The molecule has 1 aliphatic rings. The predicted octanol–water partition coefficient (Wildman–Crippen LogP) is 4.31. The predicted molar refractivity (Wildman–Crippen MR) is 123 cm³/mol. The Morgan fingerprint density at radius 2 is 1.85 bits per heavy atom. The van der Waals surface area contributed by atoms with E-state index in [4.69, 9.17) is 4.42 Å². The second-order valence-electron chi connectivity index (χ2n) is 7.66. The molecule has 2 heterocycles. The maximum atomic E-state index is 13.9. The number of nitrogens with one attached hydrogen (secondary N) is 1. The third-order valence-corrected chi connectivity index (χ3v) is 6.22. The number of carbonyl (C=O) groups is 2. The lowest BCUT2D eigenvalue weighted by Gasteiger charge is -2.26. The number of benzene rings is 2. The topological polar surface area (TPSA) is 75.4 Å². The standard InChI is InChI=1S/C24H23F2N3O3S/c25-17-3-6-19(20(26)14-17)21-15-27-23(32-21)8-7-22(30)28-18-4-1-16(2-5-18)13-24(31)29-9-11-33-12-10-29/h1-6,14-15H,7-13H2,(H,28,30). The largest absolute Gasteiger partial charge is 0.441 e. The molecular weight excluding hydrogens is 448 g/mol. The highest BCUT2D eigenvalue weighted by Gasteiger charge is 2.17. The minimum atomic E-state index is -0.740. The molecule has 0 radical (unpaired) electrons. The molecule has 1 N–H and O–H groups in total. The molecule has 0 saturated carbocycles. The van der Waals surface area contributed by atoms with Crippen molar-refractivity contribution in [1.29, 1.82) is 0 Å². The number of amides is 2. The molecule has 1 fully saturated rings. The number of thioether (sulfide) groups is 1. The summed E-state index contributed by atoms with van der Waals surface area (Å²) in [7, 11) is 0. The van der Waals surface area contributed by atoms with Gasteiger partial charge in [-0.05, 0) is 29.8 Å². The first kappa shape index (κ1) is 23.0. The van der Waals surface area contributed by atoms with Crippen LogP contribution >= 0.6 is 11.8 Å². The summed E-state index contributed by atoms with van der Waals surface area (Å²) in [6.45, 7) is 1.59. The minimum absolute atomic E-state index is 0.109. The molecule has 1 aliphatic heterocycles. The number of hydrogen-bond acceptors (Lipinski definition) is 5. The fourth-order valence-electron chi connectivity index (χ4n) is 3.49. The van der Waals surface area contributed by atoms with Gasteiger partial charge in [-0.15, -0.1) is 0 Å². The van der Waals surface area contributed by atoms with Gasteiger partial charge in [0.2, 0.25) is 11.8 Å². The molecule has 2 aromatic carbocycles. The summed E-state index contributed by atoms with van der Waals surface area (Å²) in [5.74, 6) is 0.910. The highest BCUT2D eigenvalue weighted by atomic mass is 32.2. The molecule has 0 unspecified atom stereocenters. The van der Waals surface area contributed by atoms with Crippen LogP contribution in [0, 0.1) is 11.6 Å². The number of aryl methyl sites for hydroxylation is 1. The molecule has 2 amide bonds. The number of anilines is 1. The molecule has 0 aliphatic carbocycles. The van der Waals surface area contributed by atoms with Crippen molar-refractivity contribution < 1.29 is 22.8 Å². The molecule has 1 aromatic heterocycles. The van der Waals surface area contributed by atoms with Crippen LogP contribution in [0.15, 0.2) is 53.1 Å². The van der Waals surface area contributed by atoms with Gasteiger partial charge in [0, 0.05) is 49.2 Å². The van der Waals surface area contributed by atoms with Crippen molar-refractivity contribution in [2.45, 2.75) is 19.3 Å². The average molecular weight is 472 g/mol. The Morgan fingerprint density at radius 3 is 2.58 bits per heavy atom. The van der Waals surface area contributed by atoms with Crippen LogP contribution in [0.1, 0.15) is 17.9 Å². The normalized spacial score (nSPS) is 13.7. The van der Waals surface area contributed by atoms with Gasteiger partial charge in [-0.25, -0.2) is 13.8 Å². The summed E-state index contributed by atoms with van der Waals surface area (Å²) in [4.78, 5) is 30.6. The fourth-order valence-corrected chi connectivity index (χ4v) is 4.39. The summed E-state index contributed by atoms with van der Waals surface area (Å²) in [6, 6.07) is 10.4. The Hall–Kier alpha value is -3.20. The molecule has 172 valence electrons. The number of hydrogen-bond donors (Lipinski definition) is 1. The van der Waals surface area contributed by atoms with Crippen LogP contribution < -0.4 is 5.32 Å². The second-order valence-corrected chi connectivity index (χ2v) is 8.88. The Balaban J connectivity index is 1.26. The minimum Gasteiger partial charge on any atom is -0.441 e. The third kappa shape index (κ3) is 6.19. The van der Waals surface area contributed by atoms with Crippen molar-refractivity contribution in [2.75, 3.05) is 29.9 Å². The summed E-state index contributed by atoms with van der Waals surface area (Å²) in [6.07, 6.45) is 2.06. The van der Waals surface area contributed by atoms with Crippen LogP contribution in [0.5, 0.6) is 0 Å². The van der Waals surface area contributed by atoms with Crippen LogP contribution in [-0.4, -0.2) is 46.3 Å². The summed E-state index contributed by atoms with van der Waals surface area (Å²) in [5.41, 5.74) is 1.64. The first-order chi connectivity index (χ1) is 16.0. The molecule has 0 bridgehead atoms. The Morgan fingerprint density at radius 1 is 1.09 bits per heavy atom. The zero-order valence-corrected chi connectivity index (χ0v) is 18.7. The zero-order valence-electron chi connectivity index (χ0n) is 17.9. The van der Waals surface area contributed by atoms with Crippen LogP contribution in [0.2, 0.25) is 0 Å². The van der Waals surface area contributed by atoms with E-state index in [0.29, 0.717) is 12.1 Å². The van der Waals surface area contributed by atoms with Crippen molar-refractivity contribution in [3.63, 3.8) is 0 Å². The van der Waals surface area contributed by atoms with Gasteiger partial charge in [0.05, 0.1) is 18.2 Å². The SMILES string of the molecule is O=C(CCc1ncc(-c2ccc(F)cc2F)o1)Nc1ccc(CC(=O)N2CCSCC2)cc1. The van der Waals surface area contributed by atoms with Crippen molar-refractivity contribution in [2.24, 2.45) is 0 Å². The molecule has 33 heavy (non-hydrogen) atoms. The van der Waals surface area contributed by atoms with Crippen LogP contribution in [0.25, 0.3) is 11.3 Å². The summed E-state index contributed by atoms with van der Waals surface area (Å²) in [5, 5.41) is 2.80. The average Bonchev–Trinajstić information content (AvgIpc) is 3.28. The number of rotatable bonds is 7. The van der Waals surface area contributed by atoms with Gasteiger partial charge < -0.3 is 14.6 Å². The lowest BCUT2D eigenvalue weighted by molar-refractivity contribution is -0.130. The van der Waals surface area contributed by atoms with Gasteiger partial charge in [-0.3, -0.25) is 9.59 Å². The van der Waals surface area contributed by atoms with E-state index < -0.39 is 11.6 Å². The number of halogens is 2. The third-order valence-electron chi connectivity index (χ3n) is 5.27. The van der Waals surface area contributed by atoms with E-state index in [9.17, 15) is 18.4 Å². The van der Waals surface area contributed by atoms with Gasteiger partial charge in [0.25, 0.3) is 0 Å². The quantitative estimate of drug-likeness (QED) is 0.556. The maximum absolute atomic E-state index is 13.9. The molecular formula is C24H23F2N3O3S. The van der Waals surface area contributed by atoms with E-state index in [1.54, 1.807) is 12.1 Å². The number of nitrogens with zero attached hydrogens (tertiary/aromatic N) is 2. The van der Waals surface area contributed by atoms with Gasteiger partial charge >= 0.3 is 0 Å². The lowest BCUT2D eigenvalue weighted by atomic mass is 10.1. The Kier molecular flexibility index (Phi) is 7.39. The maximum Gasteiger partial charge on any atom is 0.227 e. The molecule has 0 spiro atoms. The van der Waals surface area contributed by atoms with E-state index in [1.807, 2.05) is 28.8 Å². The van der Waals surface area contributed by atoms with Crippen molar-refractivity contribution in [3.8, 4) is 11.3 Å². The number of aromatic nitrogens is 1. The van der Waals surface area contributed by atoms with Crippen molar-refractivity contribution in [1.82, 2.24) is 9.88 Å². The molecule has 3 aromatic rings. The Labute approximate surface area is 194 Å². The number of carbonyl (C=O) groups excluding carboxylic acids is 2. The van der Waals surface area contributed by atoms with Gasteiger partial charge in [-0.1, -0.05) is 12.1 Å². The molecule has 0 atom stereocenters. The van der Waals surface area contributed by atoms with Crippen LogP contribution in [0.4, 0.5) is 14.5 Å². The highest BCUT2D eigenvalue weighted by molar-refractivity contribution is 7.99. The van der Waals surface area contributed by atoms with Gasteiger partial charge in [-0.2, -0.15) is 11.8 Å². The zero-order chi connectivity index (χ0) is 23.2. The monoisotopic (exact) mass is 471 g/mol. The molecule has 4 rings (SSSR count). The Bertz CT molecular complexity index is 1130. The smallest absolute Gasteiger partial charge is 0.227 e. The van der Waals surface area contributed by atoms with Crippen molar-refractivity contribution in [3.05, 3.63) is 71.8 Å². The van der Waals surface area contributed by atoms with Crippen LogP contribution in [0.3, 0.4) is 0 Å². The molecule has 9 heteroatoms. The van der Waals surface area contributed by atoms with E-state index in [-0.39, 0.29) is 41.9 Å². The molecule has 1 saturated heterocycles. The van der Waals surface area contributed by atoms with Gasteiger partial charge in [0.1, 0.15) is 11.6 Å². The first-order valence-electron chi connectivity index (χ1n) is 10.6. The highest BCUT2D eigenvalue weighted by Crippen LogP contribution is 2.24. The number of oxazole rings is 1. The van der Waals surface area contributed by atoms with Crippen LogP contribution in [-0.2, 0) is 22.4 Å². The first-order valence-corrected chi connectivity index (χ1v) is 11.8. The fraction of sp³-hybridized carbons (Fsp3) is 0.292. The van der Waals surface area contributed by atoms with E-state index in [0.717, 1.165) is 42.3 Å². The van der Waals surface area contributed by atoms with Crippen molar-refractivity contribution >= 4 is 29.3 Å².